The molecule has 2 atom stereocenters. The molecule has 0 spiro atoms. The predicted molar refractivity (Wildman–Crippen MR) is 89.4 cm³/mol. The maximum atomic E-state index is 13.7. The van der Waals surface area contributed by atoms with Crippen molar-refractivity contribution in [2.45, 2.75) is 31.7 Å². The molecule has 7 heteroatoms. The summed E-state index contributed by atoms with van der Waals surface area (Å²) in [7, 11) is -3.24. The van der Waals surface area contributed by atoms with Crippen molar-refractivity contribution in [3.63, 3.8) is 0 Å². The van der Waals surface area contributed by atoms with E-state index in [2.05, 4.69) is 0 Å². The van der Waals surface area contributed by atoms with E-state index in [1.54, 1.807) is 18.2 Å². The minimum Gasteiger partial charge on any atom is -0.338 e. The van der Waals surface area contributed by atoms with Crippen molar-refractivity contribution in [3.8, 4) is 0 Å². The van der Waals surface area contributed by atoms with E-state index in [4.69, 9.17) is 0 Å². The lowest BCUT2D eigenvalue weighted by Crippen LogP contribution is -2.47. The normalized spacial score (nSPS) is 24.8. The lowest BCUT2D eigenvalue weighted by Gasteiger charge is -2.36. The van der Waals surface area contributed by atoms with Gasteiger partial charge in [-0.15, -0.1) is 0 Å². The average molecular weight is 354 g/mol. The fourth-order valence-electron chi connectivity index (χ4n) is 3.70. The predicted octanol–water partition coefficient (Wildman–Crippen LogP) is 1.64. The summed E-state index contributed by atoms with van der Waals surface area (Å²) in [5.74, 6) is -0.106. The number of sulfonamides is 1. The molecule has 4 rings (SSSR count). The Kier molecular flexibility index (Phi) is 4.92. The first kappa shape index (κ1) is 17.4. The van der Waals surface area contributed by atoms with E-state index in [9.17, 15) is 17.6 Å². The molecule has 1 aromatic carbocycles. The van der Waals surface area contributed by atoms with Gasteiger partial charge in [-0.25, -0.2) is 12.8 Å². The monoisotopic (exact) mass is 354 g/mol. The number of hydrogen-bond donors (Lipinski definition) is 0. The second kappa shape index (κ2) is 6.80. The van der Waals surface area contributed by atoms with Crippen LogP contribution in [0.4, 0.5) is 4.39 Å². The number of nitrogens with zero attached hydrogens (tertiary/aromatic N) is 2. The second-order valence-corrected chi connectivity index (χ2v) is 8.80. The molecule has 0 aliphatic carbocycles. The molecule has 0 saturated carbocycles. The van der Waals surface area contributed by atoms with Crippen LogP contribution in [0.3, 0.4) is 0 Å². The Labute approximate surface area is 142 Å². The molecule has 0 radical (unpaired) electrons. The SMILES string of the molecule is CS(=O)(=O)N1C[C@@H]2CC[C@H](C1)N(C(=O)CCc1ccccc1F)C2. The highest BCUT2D eigenvalue weighted by Gasteiger charge is 2.39. The highest BCUT2D eigenvalue weighted by Crippen LogP contribution is 2.29. The van der Waals surface area contributed by atoms with Gasteiger partial charge >= 0.3 is 0 Å². The summed E-state index contributed by atoms with van der Waals surface area (Å²) in [6.07, 6.45) is 3.64. The van der Waals surface area contributed by atoms with Gasteiger partial charge in [0.05, 0.1) is 6.26 Å². The summed E-state index contributed by atoms with van der Waals surface area (Å²) in [5, 5.41) is 0. The fraction of sp³-hybridized carbons (Fsp3) is 0.588. The number of hydrogen-bond acceptors (Lipinski definition) is 3. The van der Waals surface area contributed by atoms with Crippen LogP contribution in [0.2, 0.25) is 0 Å². The number of aryl methyl sites for hydroxylation is 1. The summed E-state index contributed by atoms with van der Waals surface area (Å²) in [6.45, 7) is 1.47. The number of halogens is 1. The van der Waals surface area contributed by atoms with E-state index in [1.165, 1.54) is 16.6 Å². The van der Waals surface area contributed by atoms with Crippen molar-refractivity contribution in [2.24, 2.45) is 5.92 Å². The Hall–Kier alpha value is -1.47. The van der Waals surface area contributed by atoms with Gasteiger partial charge in [0.15, 0.2) is 0 Å². The maximum absolute atomic E-state index is 13.7. The number of rotatable bonds is 4. The summed E-state index contributed by atoms with van der Waals surface area (Å²) in [5.41, 5.74) is 0.545. The quantitative estimate of drug-likeness (QED) is 0.826. The topological polar surface area (TPSA) is 57.7 Å². The zero-order valence-corrected chi connectivity index (χ0v) is 14.6. The molecule has 0 N–H and O–H groups in total. The number of carbonyl (C=O) groups excluding carboxylic acids is 1. The zero-order valence-electron chi connectivity index (χ0n) is 13.8. The highest BCUT2D eigenvalue weighted by molar-refractivity contribution is 7.88. The molecule has 24 heavy (non-hydrogen) atoms. The van der Waals surface area contributed by atoms with Crippen molar-refractivity contribution in [3.05, 3.63) is 35.6 Å². The molecule has 0 unspecified atom stereocenters. The molecule has 3 aliphatic heterocycles. The van der Waals surface area contributed by atoms with Crippen LogP contribution in [-0.2, 0) is 21.2 Å². The second-order valence-electron chi connectivity index (χ2n) is 6.81. The molecule has 2 bridgehead atoms. The van der Waals surface area contributed by atoms with E-state index in [-0.39, 0.29) is 30.1 Å². The first-order chi connectivity index (χ1) is 11.3. The van der Waals surface area contributed by atoms with Gasteiger partial charge in [0.2, 0.25) is 15.9 Å². The zero-order chi connectivity index (χ0) is 17.3. The molecule has 1 amide bonds. The Balaban J connectivity index is 1.67. The molecular formula is C17H23FN2O3S. The molecule has 0 aromatic heterocycles. The Morgan fingerprint density at radius 2 is 1.96 bits per heavy atom. The van der Waals surface area contributed by atoms with Crippen LogP contribution in [0.5, 0.6) is 0 Å². The fourth-order valence-corrected chi connectivity index (χ4v) is 4.63. The Bertz CT molecular complexity index is 722. The van der Waals surface area contributed by atoms with Crippen LogP contribution in [0, 0.1) is 11.7 Å². The molecule has 5 nitrogen and oxygen atoms in total. The number of benzene rings is 1. The van der Waals surface area contributed by atoms with Crippen LogP contribution in [0.1, 0.15) is 24.8 Å². The van der Waals surface area contributed by atoms with E-state index < -0.39 is 10.0 Å². The van der Waals surface area contributed by atoms with Gasteiger partial charge in [-0.3, -0.25) is 4.79 Å². The molecule has 3 heterocycles. The van der Waals surface area contributed by atoms with Gasteiger partial charge in [-0.2, -0.15) is 4.31 Å². The number of amides is 1. The average Bonchev–Trinajstić information content (AvgIpc) is 2.85. The molecule has 3 saturated heterocycles. The number of piperidine rings is 1. The minimum absolute atomic E-state index is 0.0108. The van der Waals surface area contributed by atoms with Gasteiger partial charge in [-0.1, -0.05) is 18.2 Å². The summed E-state index contributed by atoms with van der Waals surface area (Å²) >= 11 is 0. The first-order valence-corrected chi connectivity index (χ1v) is 10.2. The van der Waals surface area contributed by atoms with E-state index in [0.717, 1.165) is 12.8 Å². The minimum atomic E-state index is -3.24. The standard InChI is InChI=1S/C17H23FN2O3S/c1-24(22,23)19-10-13-6-8-15(12-19)20(11-13)17(21)9-7-14-4-2-3-5-16(14)18/h2-5,13,15H,6-12H2,1H3/t13-,15+/m0/s1. The van der Waals surface area contributed by atoms with Gasteiger partial charge in [0, 0.05) is 32.1 Å². The van der Waals surface area contributed by atoms with Gasteiger partial charge < -0.3 is 4.90 Å². The smallest absolute Gasteiger partial charge is 0.223 e. The van der Waals surface area contributed by atoms with E-state index in [1.807, 2.05) is 4.90 Å². The highest BCUT2D eigenvalue weighted by atomic mass is 32.2. The molecule has 132 valence electrons. The molecule has 1 aromatic rings. The molecule has 3 fully saturated rings. The molecule has 3 aliphatic rings. The van der Waals surface area contributed by atoms with Crippen LogP contribution in [0.25, 0.3) is 0 Å². The van der Waals surface area contributed by atoms with Crippen LogP contribution < -0.4 is 0 Å². The van der Waals surface area contributed by atoms with Gasteiger partial charge in [0.25, 0.3) is 0 Å². The van der Waals surface area contributed by atoms with Crippen LogP contribution in [0.15, 0.2) is 24.3 Å². The van der Waals surface area contributed by atoms with Crippen molar-refractivity contribution in [1.82, 2.24) is 9.21 Å². The van der Waals surface area contributed by atoms with Crippen molar-refractivity contribution < 1.29 is 17.6 Å². The van der Waals surface area contributed by atoms with Gasteiger partial charge in [-0.05, 0) is 36.8 Å². The maximum Gasteiger partial charge on any atom is 0.223 e. The Morgan fingerprint density at radius 1 is 1.21 bits per heavy atom. The van der Waals surface area contributed by atoms with Crippen molar-refractivity contribution >= 4 is 15.9 Å². The lowest BCUT2D eigenvalue weighted by atomic mass is 9.94. The van der Waals surface area contributed by atoms with Crippen molar-refractivity contribution in [1.29, 1.82) is 0 Å². The van der Waals surface area contributed by atoms with Gasteiger partial charge in [0.1, 0.15) is 5.82 Å². The third-order valence-corrected chi connectivity index (χ3v) is 6.27. The number of carbonyl (C=O) groups is 1. The van der Waals surface area contributed by atoms with Crippen LogP contribution in [-0.4, -0.2) is 55.5 Å². The Morgan fingerprint density at radius 3 is 2.67 bits per heavy atom. The van der Waals surface area contributed by atoms with E-state index in [0.29, 0.717) is 31.6 Å². The van der Waals surface area contributed by atoms with Crippen molar-refractivity contribution in [2.75, 3.05) is 25.9 Å². The lowest BCUT2D eigenvalue weighted by molar-refractivity contribution is -0.135. The summed E-state index contributed by atoms with van der Waals surface area (Å²) in [4.78, 5) is 14.4. The van der Waals surface area contributed by atoms with E-state index >= 15 is 0 Å². The largest absolute Gasteiger partial charge is 0.338 e. The van der Waals surface area contributed by atoms with Crippen LogP contribution >= 0.6 is 0 Å². The molecular weight excluding hydrogens is 331 g/mol. The first-order valence-electron chi connectivity index (χ1n) is 8.32. The third kappa shape index (κ3) is 3.78. The summed E-state index contributed by atoms with van der Waals surface area (Å²) in [6, 6.07) is 6.43. The number of fused-ring (bicyclic) bond motifs is 4. The summed E-state index contributed by atoms with van der Waals surface area (Å²) < 4.78 is 38.9. The third-order valence-electron chi connectivity index (χ3n) is 5.04.